The van der Waals surface area contributed by atoms with Crippen LogP contribution in [0.25, 0.3) is 0 Å². The first-order valence-electron chi connectivity index (χ1n) is 5.05. The van der Waals surface area contributed by atoms with Crippen molar-refractivity contribution in [3.05, 3.63) is 0 Å². The van der Waals surface area contributed by atoms with Crippen molar-refractivity contribution in [1.29, 1.82) is 0 Å². The molecule has 0 unspecified atom stereocenters. The van der Waals surface area contributed by atoms with E-state index in [-0.39, 0.29) is 11.7 Å². The predicted molar refractivity (Wildman–Crippen MR) is 57.9 cm³/mol. The van der Waals surface area contributed by atoms with E-state index < -0.39 is 0 Å². The highest BCUT2D eigenvalue weighted by atomic mass is 16.1. The molecule has 0 aliphatic carbocycles. The van der Waals surface area contributed by atoms with Crippen LogP contribution in [-0.4, -0.2) is 30.5 Å². The maximum Gasteiger partial charge on any atom is 0.218 e. The fraction of sp³-hybridized carbons (Fsp3) is 0.700. The molecule has 1 rings (SSSR count). The minimum atomic E-state index is 0.108. The average molecular weight is 195 g/mol. The van der Waals surface area contributed by atoms with Gasteiger partial charge in [0.05, 0.1) is 12.3 Å². The van der Waals surface area contributed by atoms with Crippen LogP contribution in [0.15, 0.2) is 9.98 Å². The van der Waals surface area contributed by atoms with Crippen LogP contribution in [0.2, 0.25) is 0 Å². The number of ketones is 1. The third kappa shape index (κ3) is 2.65. The van der Waals surface area contributed by atoms with E-state index in [1.54, 1.807) is 0 Å². The molecular weight excluding hydrogens is 178 g/mol. The standard InChI is InChI=1S/C10H17N3O/c1-4-8(14)9(7(2)3)13-10-11-5-6-12-10/h7H,4-6H2,1-3H3,(H,11,12). The third-order valence-electron chi connectivity index (χ3n) is 2.04. The number of guanidine groups is 1. The number of hydrogen-bond acceptors (Lipinski definition) is 4. The number of hydrogen-bond donors (Lipinski definition) is 1. The third-order valence-corrected chi connectivity index (χ3v) is 2.04. The molecule has 0 fully saturated rings. The van der Waals surface area contributed by atoms with Gasteiger partial charge in [-0.2, -0.15) is 0 Å². The van der Waals surface area contributed by atoms with Crippen molar-refractivity contribution < 1.29 is 4.79 Å². The molecule has 1 N–H and O–H groups in total. The molecule has 0 aromatic carbocycles. The molecular formula is C10H17N3O. The smallest absolute Gasteiger partial charge is 0.218 e. The molecule has 0 atom stereocenters. The van der Waals surface area contributed by atoms with Gasteiger partial charge in [0, 0.05) is 13.0 Å². The molecule has 0 bridgehead atoms. The van der Waals surface area contributed by atoms with Crippen molar-refractivity contribution in [3.63, 3.8) is 0 Å². The Kier molecular flexibility index (Phi) is 3.80. The summed E-state index contributed by atoms with van der Waals surface area (Å²) in [4.78, 5) is 19.9. The largest absolute Gasteiger partial charge is 0.353 e. The monoisotopic (exact) mass is 195 g/mol. The average Bonchev–Trinajstić information content (AvgIpc) is 2.65. The highest BCUT2D eigenvalue weighted by molar-refractivity contribution is 6.41. The Balaban J connectivity index is 2.80. The first kappa shape index (κ1) is 10.9. The Morgan fingerprint density at radius 3 is 2.79 bits per heavy atom. The van der Waals surface area contributed by atoms with Gasteiger partial charge in [-0.15, -0.1) is 0 Å². The van der Waals surface area contributed by atoms with Gasteiger partial charge in [0.2, 0.25) is 5.96 Å². The number of aliphatic imine (C=N–C) groups is 2. The van der Waals surface area contributed by atoms with Crippen molar-refractivity contribution in [2.24, 2.45) is 15.9 Å². The van der Waals surface area contributed by atoms with Gasteiger partial charge in [0.15, 0.2) is 5.78 Å². The van der Waals surface area contributed by atoms with Gasteiger partial charge in [0.1, 0.15) is 0 Å². The molecule has 14 heavy (non-hydrogen) atoms. The molecule has 1 heterocycles. The summed E-state index contributed by atoms with van der Waals surface area (Å²) in [5.41, 5.74) is 0.626. The van der Waals surface area contributed by atoms with Crippen LogP contribution in [0.5, 0.6) is 0 Å². The van der Waals surface area contributed by atoms with Gasteiger partial charge < -0.3 is 5.32 Å². The van der Waals surface area contributed by atoms with E-state index in [0.29, 0.717) is 18.1 Å². The second kappa shape index (κ2) is 4.88. The molecule has 0 radical (unpaired) electrons. The van der Waals surface area contributed by atoms with E-state index in [0.717, 1.165) is 13.1 Å². The van der Waals surface area contributed by atoms with Crippen molar-refractivity contribution in [3.8, 4) is 0 Å². The van der Waals surface area contributed by atoms with Crippen LogP contribution in [0.1, 0.15) is 27.2 Å². The molecule has 0 saturated heterocycles. The van der Waals surface area contributed by atoms with Gasteiger partial charge in [0.25, 0.3) is 0 Å². The Bertz CT molecular complexity index is 279. The zero-order chi connectivity index (χ0) is 10.6. The number of Topliss-reactive ketones (excluding diaryl/α,β-unsaturated/α-hetero) is 1. The normalized spacial score (nSPS) is 16.9. The van der Waals surface area contributed by atoms with Crippen LogP contribution in [0.4, 0.5) is 0 Å². The second-order valence-electron chi connectivity index (χ2n) is 3.56. The minimum Gasteiger partial charge on any atom is -0.353 e. The maximum absolute atomic E-state index is 11.5. The van der Waals surface area contributed by atoms with E-state index in [9.17, 15) is 4.79 Å². The lowest BCUT2D eigenvalue weighted by molar-refractivity contribution is -0.112. The Labute approximate surface area is 84.5 Å². The summed E-state index contributed by atoms with van der Waals surface area (Å²) in [6.45, 7) is 7.38. The summed E-state index contributed by atoms with van der Waals surface area (Å²) in [5.74, 6) is 0.874. The van der Waals surface area contributed by atoms with E-state index >= 15 is 0 Å². The summed E-state index contributed by atoms with van der Waals surface area (Å²) in [5, 5.41) is 3.03. The lowest BCUT2D eigenvalue weighted by Gasteiger charge is -2.07. The van der Waals surface area contributed by atoms with Crippen LogP contribution < -0.4 is 5.32 Å². The SMILES string of the molecule is CCC(=O)C(=NC1=NCCN1)C(C)C. The molecule has 0 saturated carbocycles. The van der Waals surface area contributed by atoms with Crippen molar-refractivity contribution in [2.45, 2.75) is 27.2 Å². The molecule has 0 aromatic rings. The van der Waals surface area contributed by atoms with Gasteiger partial charge in [-0.05, 0) is 5.92 Å². The fourth-order valence-electron chi connectivity index (χ4n) is 1.27. The highest BCUT2D eigenvalue weighted by Gasteiger charge is 2.15. The van der Waals surface area contributed by atoms with Crippen molar-refractivity contribution in [2.75, 3.05) is 13.1 Å². The maximum atomic E-state index is 11.5. The van der Waals surface area contributed by atoms with Crippen LogP contribution in [0, 0.1) is 5.92 Å². The van der Waals surface area contributed by atoms with E-state index in [1.807, 2.05) is 20.8 Å². The van der Waals surface area contributed by atoms with Crippen LogP contribution in [0.3, 0.4) is 0 Å². The topological polar surface area (TPSA) is 53.8 Å². The Hall–Kier alpha value is -1.19. The first-order valence-corrected chi connectivity index (χ1v) is 5.05. The zero-order valence-corrected chi connectivity index (χ0v) is 9.00. The molecule has 1 aliphatic heterocycles. The molecule has 4 nitrogen and oxygen atoms in total. The number of rotatable bonds is 3. The zero-order valence-electron chi connectivity index (χ0n) is 9.00. The fourth-order valence-corrected chi connectivity index (χ4v) is 1.27. The van der Waals surface area contributed by atoms with E-state index in [4.69, 9.17) is 0 Å². The van der Waals surface area contributed by atoms with Gasteiger partial charge in [-0.1, -0.05) is 20.8 Å². The van der Waals surface area contributed by atoms with Gasteiger partial charge in [-0.25, -0.2) is 9.98 Å². The number of nitrogens with zero attached hydrogens (tertiary/aromatic N) is 2. The Morgan fingerprint density at radius 2 is 2.36 bits per heavy atom. The summed E-state index contributed by atoms with van der Waals surface area (Å²) in [7, 11) is 0. The van der Waals surface area contributed by atoms with Gasteiger partial charge in [-0.3, -0.25) is 4.79 Å². The van der Waals surface area contributed by atoms with Crippen LogP contribution in [-0.2, 0) is 4.79 Å². The molecule has 4 heteroatoms. The Morgan fingerprint density at radius 1 is 1.64 bits per heavy atom. The van der Waals surface area contributed by atoms with E-state index in [2.05, 4.69) is 15.3 Å². The lowest BCUT2D eigenvalue weighted by Crippen LogP contribution is -2.25. The number of carbonyl (C=O) groups excluding carboxylic acids is 1. The van der Waals surface area contributed by atoms with Gasteiger partial charge >= 0.3 is 0 Å². The summed E-state index contributed by atoms with van der Waals surface area (Å²) >= 11 is 0. The first-order chi connectivity index (χ1) is 6.65. The highest BCUT2D eigenvalue weighted by Crippen LogP contribution is 2.02. The molecule has 78 valence electrons. The number of carbonyl (C=O) groups is 1. The minimum absolute atomic E-state index is 0.108. The lowest BCUT2D eigenvalue weighted by atomic mass is 10.0. The molecule has 0 aromatic heterocycles. The van der Waals surface area contributed by atoms with Crippen molar-refractivity contribution in [1.82, 2.24) is 5.32 Å². The van der Waals surface area contributed by atoms with E-state index in [1.165, 1.54) is 0 Å². The summed E-state index contributed by atoms with van der Waals surface area (Å²) in [6.07, 6.45) is 0.504. The van der Waals surface area contributed by atoms with Crippen molar-refractivity contribution >= 4 is 17.5 Å². The molecule has 1 aliphatic rings. The quantitative estimate of drug-likeness (QED) is 0.684. The predicted octanol–water partition coefficient (Wildman–Crippen LogP) is 1.02. The molecule has 0 amide bonds. The molecule has 0 spiro atoms. The second-order valence-corrected chi connectivity index (χ2v) is 3.56. The summed E-state index contributed by atoms with van der Waals surface area (Å²) in [6, 6.07) is 0. The summed E-state index contributed by atoms with van der Waals surface area (Å²) < 4.78 is 0. The van der Waals surface area contributed by atoms with Crippen LogP contribution >= 0.6 is 0 Å². The number of nitrogens with one attached hydrogen (secondary N) is 1.